The summed E-state index contributed by atoms with van der Waals surface area (Å²) in [4.78, 5) is 9.92. The number of carbonyl (C=O) groups excluding carboxylic acids is 1. The molecule has 2 N–H and O–H groups in total. The van der Waals surface area contributed by atoms with Crippen molar-refractivity contribution in [2.24, 2.45) is 5.73 Å². The number of ether oxygens (including phenoxy) is 1. The highest BCUT2D eigenvalue weighted by atomic mass is 16.6. The van der Waals surface area contributed by atoms with Crippen LogP contribution in [0.3, 0.4) is 0 Å². The van der Waals surface area contributed by atoms with Crippen LogP contribution in [-0.4, -0.2) is 12.2 Å². The Kier molecular flexibility index (Phi) is 13.8. The van der Waals surface area contributed by atoms with Gasteiger partial charge in [0.1, 0.15) is 6.10 Å². The fourth-order valence-electron chi connectivity index (χ4n) is 0.770. The van der Waals surface area contributed by atoms with E-state index in [-0.39, 0.29) is 6.10 Å². The summed E-state index contributed by atoms with van der Waals surface area (Å²) in [6.45, 7) is 10.9. The minimum Gasteiger partial charge on any atom is -0.442 e. The number of nitrogens with two attached hydrogens (primary N) is 1. The fraction of sp³-hybridized carbons (Fsp3) is 0.583. The minimum atomic E-state index is -0.766. The molecule has 0 spiro atoms. The van der Waals surface area contributed by atoms with Crippen molar-refractivity contribution in [1.29, 1.82) is 0 Å². The summed E-state index contributed by atoms with van der Waals surface area (Å²) in [5.74, 6) is 0. The van der Waals surface area contributed by atoms with Crippen molar-refractivity contribution in [2.45, 2.75) is 45.6 Å². The maximum absolute atomic E-state index is 9.92. The summed E-state index contributed by atoms with van der Waals surface area (Å²) >= 11 is 0. The molecule has 0 aliphatic carbocycles. The molecule has 3 nitrogen and oxygen atoms in total. The van der Waals surface area contributed by atoms with Gasteiger partial charge in [-0.2, -0.15) is 0 Å². The molecular weight excluding hydrogens is 190 g/mol. The van der Waals surface area contributed by atoms with Crippen molar-refractivity contribution in [2.75, 3.05) is 0 Å². The largest absolute Gasteiger partial charge is 0.442 e. The summed E-state index contributed by atoms with van der Waals surface area (Å²) in [6, 6.07) is 0. The number of unbranched alkanes of at least 4 members (excludes halogenated alkanes) is 3. The van der Waals surface area contributed by atoms with Crippen LogP contribution in [0.1, 0.15) is 39.5 Å². The van der Waals surface area contributed by atoms with E-state index in [4.69, 9.17) is 0 Å². The third kappa shape index (κ3) is 19.2. The number of allylic oxidation sites excluding steroid dienone is 1. The number of hydrogen-bond acceptors (Lipinski definition) is 2. The van der Waals surface area contributed by atoms with Gasteiger partial charge in [-0.15, -0.1) is 6.58 Å². The monoisotopic (exact) mass is 213 g/mol. The van der Waals surface area contributed by atoms with Gasteiger partial charge in [0.2, 0.25) is 0 Å². The van der Waals surface area contributed by atoms with Crippen LogP contribution < -0.4 is 5.73 Å². The van der Waals surface area contributed by atoms with Gasteiger partial charge in [0.05, 0.1) is 0 Å². The molecule has 0 saturated carbocycles. The summed E-state index contributed by atoms with van der Waals surface area (Å²) in [5, 5.41) is 0. The zero-order chi connectivity index (χ0) is 12.1. The highest BCUT2D eigenvalue weighted by molar-refractivity contribution is 5.64. The van der Waals surface area contributed by atoms with Gasteiger partial charge in [-0.25, -0.2) is 4.79 Å². The lowest BCUT2D eigenvalue weighted by Gasteiger charge is -2.02. The van der Waals surface area contributed by atoms with Gasteiger partial charge in [0.15, 0.2) is 0 Å². The molecule has 88 valence electrons. The third-order valence-electron chi connectivity index (χ3n) is 1.65. The molecule has 1 unspecified atom stereocenters. The molecule has 0 bridgehead atoms. The second-order valence-corrected chi connectivity index (χ2v) is 3.16. The van der Waals surface area contributed by atoms with Crippen LogP contribution in [0.5, 0.6) is 0 Å². The van der Waals surface area contributed by atoms with Crippen molar-refractivity contribution < 1.29 is 9.53 Å². The molecule has 0 aliphatic rings. The first-order valence-corrected chi connectivity index (χ1v) is 5.28. The number of carbonyl (C=O) groups is 1. The Balaban J connectivity index is 0. The molecule has 0 aliphatic heterocycles. The predicted molar refractivity (Wildman–Crippen MR) is 64.7 cm³/mol. The van der Waals surface area contributed by atoms with Crippen molar-refractivity contribution in [3.05, 3.63) is 25.3 Å². The van der Waals surface area contributed by atoms with E-state index in [1.54, 1.807) is 6.92 Å². The lowest BCUT2D eigenvalue weighted by atomic mass is 10.2. The van der Waals surface area contributed by atoms with Gasteiger partial charge in [-0.1, -0.05) is 38.5 Å². The predicted octanol–water partition coefficient (Wildman–Crippen LogP) is 3.41. The molecule has 3 heteroatoms. The first kappa shape index (κ1) is 16.2. The van der Waals surface area contributed by atoms with E-state index >= 15 is 0 Å². The maximum Gasteiger partial charge on any atom is 0.405 e. The number of hydrogen-bond donors (Lipinski definition) is 1. The van der Waals surface area contributed by atoms with Crippen LogP contribution in [0, 0.1) is 0 Å². The molecule has 0 aromatic rings. The van der Waals surface area contributed by atoms with Crippen molar-refractivity contribution >= 4 is 6.09 Å². The Hall–Kier alpha value is -1.25. The van der Waals surface area contributed by atoms with Gasteiger partial charge in [-0.05, 0) is 19.8 Å². The molecule has 1 atom stereocenters. The molecule has 15 heavy (non-hydrogen) atoms. The molecule has 0 fully saturated rings. The Bertz CT molecular complexity index is 178. The van der Waals surface area contributed by atoms with Crippen molar-refractivity contribution in [3.63, 3.8) is 0 Å². The summed E-state index contributed by atoms with van der Waals surface area (Å²) in [7, 11) is 0. The Labute approximate surface area is 93.0 Å². The third-order valence-corrected chi connectivity index (χ3v) is 1.65. The Morgan fingerprint density at radius 3 is 2.33 bits per heavy atom. The van der Waals surface area contributed by atoms with Crippen LogP contribution in [-0.2, 0) is 4.74 Å². The average Bonchev–Trinajstić information content (AvgIpc) is 2.18. The molecule has 0 aromatic carbocycles. The smallest absolute Gasteiger partial charge is 0.405 e. The Morgan fingerprint density at radius 1 is 1.47 bits per heavy atom. The molecule has 0 saturated heterocycles. The van der Waals surface area contributed by atoms with Crippen LogP contribution in [0.25, 0.3) is 0 Å². The lowest BCUT2D eigenvalue weighted by molar-refractivity contribution is 0.137. The zero-order valence-corrected chi connectivity index (χ0v) is 9.87. The van der Waals surface area contributed by atoms with Crippen LogP contribution >= 0.6 is 0 Å². The van der Waals surface area contributed by atoms with Crippen molar-refractivity contribution in [3.8, 4) is 0 Å². The van der Waals surface area contributed by atoms with Gasteiger partial charge in [0.25, 0.3) is 0 Å². The molecule has 0 aromatic heterocycles. The quantitative estimate of drug-likeness (QED) is 0.543. The van der Waals surface area contributed by atoms with E-state index in [0.717, 1.165) is 0 Å². The second-order valence-electron chi connectivity index (χ2n) is 3.16. The zero-order valence-electron chi connectivity index (χ0n) is 9.87. The fourth-order valence-corrected chi connectivity index (χ4v) is 0.770. The average molecular weight is 213 g/mol. The molecule has 1 amide bonds. The van der Waals surface area contributed by atoms with Crippen LogP contribution in [0.2, 0.25) is 0 Å². The molecule has 0 heterocycles. The number of rotatable bonds is 6. The molecule has 0 rings (SSSR count). The maximum atomic E-state index is 9.92. The highest BCUT2D eigenvalue weighted by Crippen LogP contribution is 1.97. The second kappa shape index (κ2) is 12.8. The SMILES string of the molecule is C=CC(C)OC(N)=O.C=CCCCCC. The van der Waals surface area contributed by atoms with E-state index in [2.05, 4.69) is 30.6 Å². The molecular formula is C12H23NO2. The number of amides is 1. The summed E-state index contributed by atoms with van der Waals surface area (Å²) < 4.78 is 4.42. The minimum absolute atomic E-state index is 0.285. The van der Waals surface area contributed by atoms with Gasteiger partial charge < -0.3 is 10.5 Å². The summed E-state index contributed by atoms with van der Waals surface area (Å²) in [5.41, 5.74) is 4.66. The van der Waals surface area contributed by atoms with Crippen LogP contribution in [0.15, 0.2) is 25.3 Å². The van der Waals surface area contributed by atoms with Gasteiger partial charge >= 0.3 is 6.09 Å². The summed E-state index contributed by atoms with van der Waals surface area (Å²) in [6.07, 6.45) is 7.60. The van der Waals surface area contributed by atoms with E-state index in [1.165, 1.54) is 31.8 Å². The first-order valence-electron chi connectivity index (χ1n) is 5.28. The first-order chi connectivity index (χ1) is 7.08. The standard InChI is InChI=1S/C7H14.C5H9NO2/c1-3-5-7-6-4-2;1-3-4(2)8-5(6)7/h3H,1,4-7H2,2H3;3-4H,1H2,2H3,(H2,6,7). The lowest BCUT2D eigenvalue weighted by Crippen LogP contribution is -2.18. The van der Waals surface area contributed by atoms with E-state index in [9.17, 15) is 4.79 Å². The van der Waals surface area contributed by atoms with Gasteiger partial charge in [-0.3, -0.25) is 0 Å². The van der Waals surface area contributed by atoms with Crippen molar-refractivity contribution in [1.82, 2.24) is 0 Å². The Morgan fingerprint density at radius 2 is 2.07 bits per heavy atom. The van der Waals surface area contributed by atoms with Gasteiger partial charge in [0, 0.05) is 0 Å². The van der Waals surface area contributed by atoms with E-state index in [1.807, 2.05) is 6.08 Å². The normalized spacial score (nSPS) is 10.5. The van der Waals surface area contributed by atoms with E-state index < -0.39 is 6.09 Å². The van der Waals surface area contributed by atoms with E-state index in [0.29, 0.717) is 0 Å². The van der Waals surface area contributed by atoms with Crippen LogP contribution in [0.4, 0.5) is 4.79 Å². The topological polar surface area (TPSA) is 52.3 Å². The highest BCUT2D eigenvalue weighted by Gasteiger charge is 1.97. The number of primary amides is 1. The molecule has 0 radical (unpaired) electrons.